The van der Waals surface area contributed by atoms with E-state index in [0.29, 0.717) is 34.0 Å². The van der Waals surface area contributed by atoms with Crippen LogP contribution in [0, 0.1) is 20.8 Å². The molecule has 3 rings (SSSR count). The van der Waals surface area contributed by atoms with E-state index in [1.165, 1.54) is 11.3 Å². The summed E-state index contributed by atoms with van der Waals surface area (Å²) in [5, 5.41) is 11.9. The zero-order valence-electron chi connectivity index (χ0n) is 16.4. The Morgan fingerprint density at radius 3 is 2.68 bits per heavy atom. The highest BCUT2D eigenvalue weighted by atomic mass is 32.1. The Bertz CT molecular complexity index is 1060. The number of thiophene rings is 1. The number of carbonyl (C=O) groups excluding carboxylic acids is 2. The smallest absolute Gasteiger partial charge is 0.265 e. The standard InChI is InChI=1S/C20H23N5O2S/c1-11-6-5-7-14(10-11)18(26)22-8-9-25(4)20(27)17-16(21)15-12(2)13(3)23-24-19(15)28-17/h5-7,10H,8-9,21H2,1-4H3,(H,22,26). The highest BCUT2D eigenvalue weighted by Gasteiger charge is 2.22. The van der Waals surface area contributed by atoms with Gasteiger partial charge in [0.15, 0.2) is 0 Å². The normalized spacial score (nSPS) is 10.9. The van der Waals surface area contributed by atoms with Gasteiger partial charge in [0.1, 0.15) is 9.71 Å². The molecule has 0 aliphatic carbocycles. The molecule has 3 aromatic rings. The molecule has 0 saturated carbocycles. The third-order valence-corrected chi connectivity index (χ3v) is 5.77. The average molecular weight is 398 g/mol. The average Bonchev–Trinajstić information content (AvgIpc) is 3.01. The number of rotatable bonds is 5. The number of likely N-dealkylation sites (N-methyl/N-ethyl adjacent to an activating group) is 1. The maximum Gasteiger partial charge on any atom is 0.265 e. The first-order valence-electron chi connectivity index (χ1n) is 8.91. The van der Waals surface area contributed by atoms with Crippen LogP contribution in [0.5, 0.6) is 0 Å². The summed E-state index contributed by atoms with van der Waals surface area (Å²) >= 11 is 1.24. The van der Waals surface area contributed by atoms with E-state index < -0.39 is 0 Å². The van der Waals surface area contributed by atoms with Crippen LogP contribution in [0.25, 0.3) is 10.2 Å². The fourth-order valence-electron chi connectivity index (χ4n) is 2.90. The molecule has 3 N–H and O–H groups in total. The van der Waals surface area contributed by atoms with E-state index in [0.717, 1.165) is 22.2 Å². The van der Waals surface area contributed by atoms with Crippen molar-refractivity contribution in [2.45, 2.75) is 20.8 Å². The number of amides is 2. The number of hydrogen-bond acceptors (Lipinski definition) is 6. The van der Waals surface area contributed by atoms with Gasteiger partial charge in [-0.25, -0.2) is 0 Å². The van der Waals surface area contributed by atoms with Crippen molar-refractivity contribution in [3.63, 3.8) is 0 Å². The van der Waals surface area contributed by atoms with Crippen LogP contribution in [-0.2, 0) is 0 Å². The second-order valence-electron chi connectivity index (χ2n) is 6.79. The number of aryl methyl sites for hydroxylation is 3. The summed E-state index contributed by atoms with van der Waals surface area (Å²) < 4.78 is 0. The van der Waals surface area contributed by atoms with Gasteiger partial charge in [-0.15, -0.1) is 16.4 Å². The summed E-state index contributed by atoms with van der Waals surface area (Å²) in [6.07, 6.45) is 0. The lowest BCUT2D eigenvalue weighted by Crippen LogP contribution is -2.36. The molecule has 2 aromatic heterocycles. The van der Waals surface area contributed by atoms with E-state index in [2.05, 4.69) is 15.5 Å². The maximum absolute atomic E-state index is 12.8. The van der Waals surface area contributed by atoms with Crippen molar-refractivity contribution in [3.05, 3.63) is 51.5 Å². The third-order valence-electron chi connectivity index (χ3n) is 4.69. The second-order valence-corrected chi connectivity index (χ2v) is 7.79. The van der Waals surface area contributed by atoms with Crippen molar-refractivity contribution in [1.29, 1.82) is 0 Å². The van der Waals surface area contributed by atoms with Crippen molar-refractivity contribution >= 4 is 39.1 Å². The zero-order chi connectivity index (χ0) is 20.4. The topological polar surface area (TPSA) is 101 Å². The molecule has 0 radical (unpaired) electrons. The van der Waals surface area contributed by atoms with Crippen LogP contribution in [-0.4, -0.2) is 47.0 Å². The summed E-state index contributed by atoms with van der Waals surface area (Å²) in [7, 11) is 1.69. The first-order chi connectivity index (χ1) is 13.3. The van der Waals surface area contributed by atoms with Crippen LogP contribution in [0.4, 0.5) is 5.69 Å². The largest absolute Gasteiger partial charge is 0.397 e. The number of nitrogens with one attached hydrogen (secondary N) is 1. The Morgan fingerprint density at radius 2 is 1.96 bits per heavy atom. The van der Waals surface area contributed by atoms with Gasteiger partial charge in [-0.3, -0.25) is 9.59 Å². The minimum atomic E-state index is -0.192. The highest BCUT2D eigenvalue weighted by molar-refractivity contribution is 7.21. The lowest BCUT2D eigenvalue weighted by Gasteiger charge is -2.17. The molecule has 0 unspecified atom stereocenters. The molecular formula is C20H23N5O2S. The molecule has 2 heterocycles. The molecule has 28 heavy (non-hydrogen) atoms. The van der Waals surface area contributed by atoms with Gasteiger partial charge >= 0.3 is 0 Å². The third kappa shape index (κ3) is 3.82. The summed E-state index contributed by atoms with van der Waals surface area (Å²) in [5.41, 5.74) is 10.0. The number of hydrogen-bond donors (Lipinski definition) is 2. The van der Waals surface area contributed by atoms with Crippen LogP contribution in [0.3, 0.4) is 0 Å². The van der Waals surface area contributed by atoms with Gasteiger partial charge in [-0.05, 0) is 38.5 Å². The highest BCUT2D eigenvalue weighted by Crippen LogP contribution is 2.35. The van der Waals surface area contributed by atoms with E-state index in [1.54, 1.807) is 18.0 Å². The SMILES string of the molecule is Cc1cccc(C(=O)NCCN(C)C(=O)c2sc3nnc(C)c(C)c3c2N)c1. The summed E-state index contributed by atoms with van der Waals surface area (Å²) in [4.78, 5) is 27.7. The van der Waals surface area contributed by atoms with Crippen LogP contribution in [0.15, 0.2) is 24.3 Å². The molecule has 2 amide bonds. The molecule has 0 aliphatic heterocycles. The molecule has 0 bridgehead atoms. The van der Waals surface area contributed by atoms with Gasteiger partial charge in [0, 0.05) is 31.1 Å². The first-order valence-corrected chi connectivity index (χ1v) is 9.73. The van der Waals surface area contributed by atoms with E-state index in [4.69, 9.17) is 5.73 Å². The zero-order valence-corrected chi connectivity index (χ0v) is 17.2. The maximum atomic E-state index is 12.8. The van der Waals surface area contributed by atoms with Gasteiger partial charge in [-0.2, -0.15) is 5.10 Å². The number of nitrogens with two attached hydrogens (primary N) is 1. The molecule has 0 fully saturated rings. The predicted molar refractivity (Wildman–Crippen MR) is 112 cm³/mol. The molecular weight excluding hydrogens is 374 g/mol. The predicted octanol–water partition coefficient (Wildman–Crippen LogP) is 2.70. The molecule has 8 heteroatoms. The summed E-state index contributed by atoms with van der Waals surface area (Å²) in [5.74, 6) is -0.352. The lowest BCUT2D eigenvalue weighted by atomic mass is 10.1. The van der Waals surface area contributed by atoms with E-state index in [9.17, 15) is 9.59 Å². The van der Waals surface area contributed by atoms with E-state index in [-0.39, 0.29) is 11.8 Å². The van der Waals surface area contributed by atoms with E-state index >= 15 is 0 Å². The number of anilines is 1. The van der Waals surface area contributed by atoms with Gasteiger partial charge in [0.25, 0.3) is 11.8 Å². The first kappa shape index (κ1) is 19.8. The van der Waals surface area contributed by atoms with Crippen LogP contribution in [0.1, 0.15) is 36.9 Å². The molecule has 0 atom stereocenters. The van der Waals surface area contributed by atoms with Gasteiger partial charge in [-0.1, -0.05) is 17.7 Å². The summed E-state index contributed by atoms with van der Waals surface area (Å²) in [6.45, 7) is 6.44. The number of benzene rings is 1. The van der Waals surface area contributed by atoms with Gasteiger partial charge in [0.05, 0.1) is 11.4 Å². The lowest BCUT2D eigenvalue weighted by molar-refractivity contribution is 0.0792. The Balaban J connectivity index is 1.66. The molecule has 146 valence electrons. The molecule has 0 spiro atoms. The van der Waals surface area contributed by atoms with Crippen LogP contribution >= 0.6 is 11.3 Å². The fraction of sp³-hybridized carbons (Fsp3) is 0.300. The van der Waals surface area contributed by atoms with Crippen LogP contribution in [0.2, 0.25) is 0 Å². The van der Waals surface area contributed by atoms with Crippen molar-refractivity contribution in [2.75, 3.05) is 25.9 Å². The Hall–Kier alpha value is -3.00. The quantitative estimate of drug-likeness (QED) is 0.689. The second kappa shape index (κ2) is 7.93. The Morgan fingerprint density at radius 1 is 1.21 bits per heavy atom. The molecule has 0 saturated heterocycles. The van der Waals surface area contributed by atoms with E-state index in [1.807, 2.05) is 39.0 Å². The minimum Gasteiger partial charge on any atom is -0.397 e. The Labute approximate surface area is 167 Å². The van der Waals surface area contributed by atoms with Crippen molar-refractivity contribution < 1.29 is 9.59 Å². The van der Waals surface area contributed by atoms with Gasteiger partial charge < -0.3 is 16.0 Å². The number of aromatic nitrogens is 2. The molecule has 0 aliphatic rings. The molecule has 1 aromatic carbocycles. The fourth-order valence-corrected chi connectivity index (χ4v) is 4.00. The van der Waals surface area contributed by atoms with Crippen molar-refractivity contribution in [1.82, 2.24) is 20.4 Å². The van der Waals surface area contributed by atoms with Gasteiger partial charge in [0.2, 0.25) is 0 Å². The number of nitrogen functional groups attached to an aromatic ring is 1. The number of fused-ring (bicyclic) bond motifs is 1. The number of carbonyl (C=O) groups is 2. The monoisotopic (exact) mass is 397 g/mol. The van der Waals surface area contributed by atoms with Crippen molar-refractivity contribution in [3.8, 4) is 0 Å². The minimum absolute atomic E-state index is 0.160. The van der Waals surface area contributed by atoms with Crippen LogP contribution < -0.4 is 11.1 Å². The Kier molecular flexibility index (Phi) is 5.60. The number of nitrogens with zero attached hydrogens (tertiary/aromatic N) is 3. The molecule has 7 nitrogen and oxygen atoms in total. The summed E-state index contributed by atoms with van der Waals surface area (Å²) in [6, 6.07) is 7.37. The van der Waals surface area contributed by atoms with Crippen molar-refractivity contribution in [2.24, 2.45) is 0 Å².